The van der Waals surface area contributed by atoms with E-state index in [4.69, 9.17) is 4.74 Å². The minimum atomic E-state index is -0.388. The first-order valence-electron chi connectivity index (χ1n) is 6.52. The highest BCUT2D eigenvalue weighted by Gasteiger charge is 2.10. The Morgan fingerprint density at radius 3 is 2.05 bits per heavy atom. The molecule has 2 N–H and O–H groups in total. The van der Waals surface area contributed by atoms with Crippen molar-refractivity contribution in [3.05, 3.63) is 62.7 Å². The smallest absolute Gasteiger partial charge is 0.269 e. The molecule has 22 heavy (non-hydrogen) atoms. The summed E-state index contributed by atoms with van der Waals surface area (Å²) in [6, 6.07) is 12.1. The van der Waals surface area contributed by atoms with E-state index in [1.165, 1.54) is 0 Å². The minimum Gasteiger partial charge on any atom is -0.496 e. The highest BCUT2D eigenvalue weighted by Crippen LogP contribution is 2.21. The van der Waals surface area contributed by atoms with Crippen LogP contribution < -0.4 is 15.6 Å². The van der Waals surface area contributed by atoms with Crippen LogP contribution in [0.5, 0.6) is 5.75 Å². The lowest BCUT2D eigenvalue weighted by Gasteiger charge is -2.09. The zero-order chi connectivity index (χ0) is 16.1. The number of carbonyl (C=O) groups excluding carboxylic acids is 2. The minimum absolute atomic E-state index is 0.364. The second-order valence-corrected chi connectivity index (χ2v) is 5.79. The molecular formula is C16H15IN2O3. The van der Waals surface area contributed by atoms with Crippen LogP contribution in [0.3, 0.4) is 0 Å². The molecule has 0 radical (unpaired) electrons. The van der Waals surface area contributed by atoms with Gasteiger partial charge in [-0.05, 0) is 59.8 Å². The van der Waals surface area contributed by atoms with Crippen LogP contribution in [0.4, 0.5) is 0 Å². The number of methoxy groups -OCH3 is 1. The van der Waals surface area contributed by atoms with Crippen molar-refractivity contribution in [1.29, 1.82) is 0 Å². The maximum Gasteiger partial charge on any atom is 0.269 e. The zero-order valence-corrected chi connectivity index (χ0v) is 14.3. The molecule has 0 spiro atoms. The molecule has 0 saturated heterocycles. The Kier molecular flexibility index (Phi) is 5.37. The van der Waals surface area contributed by atoms with Crippen molar-refractivity contribution in [2.45, 2.75) is 6.92 Å². The quantitative estimate of drug-likeness (QED) is 0.604. The Morgan fingerprint density at radius 2 is 1.50 bits per heavy atom. The van der Waals surface area contributed by atoms with Gasteiger partial charge in [-0.2, -0.15) is 0 Å². The standard InChI is InChI=1S/C16H15IN2O3/c1-10-3-5-11(6-4-10)15(20)18-19-16(21)12-7-8-14(22-2)13(17)9-12/h3-9H,1-2H3,(H,18,20)(H,19,21). The Bertz CT molecular complexity index is 699. The van der Waals surface area contributed by atoms with E-state index in [-0.39, 0.29) is 11.8 Å². The van der Waals surface area contributed by atoms with Crippen molar-refractivity contribution in [3.8, 4) is 5.75 Å². The normalized spacial score (nSPS) is 9.95. The number of carbonyl (C=O) groups is 2. The molecule has 0 aromatic heterocycles. The summed E-state index contributed by atoms with van der Waals surface area (Å²) in [5.74, 6) is -0.0570. The van der Waals surface area contributed by atoms with Gasteiger partial charge in [-0.15, -0.1) is 0 Å². The summed E-state index contributed by atoms with van der Waals surface area (Å²) in [5, 5.41) is 0. The predicted octanol–water partition coefficient (Wildman–Crippen LogP) is 2.68. The van der Waals surface area contributed by atoms with Crippen LogP contribution in [0.1, 0.15) is 26.3 Å². The molecule has 114 valence electrons. The lowest BCUT2D eigenvalue weighted by Crippen LogP contribution is -2.41. The van der Waals surface area contributed by atoms with Crippen LogP contribution >= 0.6 is 22.6 Å². The van der Waals surface area contributed by atoms with Gasteiger partial charge in [0, 0.05) is 11.1 Å². The first-order valence-corrected chi connectivity index (χ1v) is 7.60. The van der Waals surface area contributed by atoms with Crippen LogP contribution in [0.2, 0.25) is 0 Å². The topological polar surface area (TPSA) is 67.4 Å². The number of hydrogen-bond donors (Lipinski definition) is 2. The third-order valence-corrected chi connectivity index (χ3v) is 3.86. The summed E-state index contributed by atoms with van der Waals surface area (Å²) >= 11 is 2.08. The van der Waals surface area contributed by atoms with Gasteiger partial charge in [0.25, 0.3) is 11.8 Å². The molecule has 2 rings (SSSR count). The monoisotopic (exact) mass is 410 g/mol. The van der Waals surface area contributed by atoms with Gasteiger partial charge in [0.2, 0.25) is 0 Å². The van der Waals surface area contributed by atoms with E-state index in [0.29, 0.717) is 16.9 Å². The fourth-order valence-electron chi connectivity index (χ4n) is 1.77. The predicted molar refractivity (Wildman–Crippen MR) is 91.8 cm³/mol. The van der Waals surface area contributed by atoms with Crippen LogP contribution in [0.25, 0.3) is 0 Å². The van der Waals surface area contributed by atoms with E-state index in [2.05, 4.69) is 33.4 Å². The number of ether oxygens (including phenoxy) is 1. The van der Waals surface area contributed by atoms with Crippen molar-refractivity contribution >= 4 is 34.4 Å². The van der Waals surface area contributed by atoms with E-state index in [1.807, 2.05) is 19.1 Å². The lowest BCUT2D eigenvalue weighted by atomic mass is 10.1. The maximum absolute atomic E-state index is 12.0. The number of aryl methyl sites for hydroxylation is 1. The van der Waals surface area contributed by atoms with E-state index in [1.54, 1.807) is 37.4 Å². The first kappa shape index (κ1) is 16.3. The molecule has 0 aliphatic carbocycles. The second kappa shape index (κ2) is 7.26. The molecule has 0 atom stereocenters. The van der Waals surface area contributed by atoms with Crippen molar-refractivity contribution in [2.75, 3.05) is 7.11 Å². The third kappa shape index (κ3) is 3.97. The van der Waals surface area contributed by atoms with Gasteiger partial charge in [-0.1, -0.05) is 17.7 Å². The first-order chi connectivity index (χ1) is 10.5. The van der Waals surface area contributed by atoms with Crippen molar-refractivity contribution in [2.24, 2.45) is 0 Å². The van der Waals surface area contributed by atoms with Gasteiger partial charge in [-0.3, -0.25) is 20.4 Å². The van der Waals surface area contributed by atoms with E-state index >= 15 is 0 Å². The molecule has 6 heteroatoms. The van der Waals surface area contributed by atoms with Crippen LogP contribution in [-0.4, -0.2) is 18.9 Å². The summed E-state index contributed by atoms with van der Waals surface area (Å²) in [4.78, 5) is 23.9. The van der Waals surface area contributed by atoms with E-state index in [9.17, 15) is 9.59 Å². The van der Waals surface area contributed by atoms with E-state index < -0.39 is 0 Å². The SMILES string of the molecule is COc1ccc(C(=O)NNC(=O)c2ccc(C)cc2)cc1I. The molecule has 2 aromatic rings. The third-order valence-electron chi connectivity index (χ3n) is 3.02. The molecular weight excluding hydrogens is 395 g/mol. The van der Waals surface area contributed by atoms with Gasteiger partial charge in [-0.25, -0.2) is 0 Å². The van der Waals surface area contributed by atoms with E-state index in [0.717, 1.165) is 9.13 Å². The molecule has 0 saturated carbocycles. The summed E-state index contributed by atoms with van der Waals surface area (Å²) in [6.07, 6.45) is 0. The molecule has 0 heterocycles. The van der Waals surface area contributed by atoms with Crippen molar-refractivity contribution in [1.82, 2.24) is 10.9 Å². The maximum atomic E-state index is 12.0. The van der Waals surface area contributed by atoms with Crippen LogP contribution in [-0.2, 0) is 0 Å². The average Bonchev–Trinajstić information content (AvgIpc) is 2.52. The largest absolute Gasteiger partial charge is 0.496 e. The van der Waals surface area contributed by atoms with Crippen LogP contribution in [0, 0.1) is 10.5 Å². The number of rotatable bonds is 3. The molecule has 2 aromatic carbocycles. The highest BCUT2D eigenvalue weighted by molar-refractivity contribution is 14.1. The molecule has 0 aliphatic rings. The fraction of sp³-hybridized carbons (Fsp3) is 0.125. The van der Waals surface area contributed by atoms with Gasteiger partial charge in [0.15, 0.2) is 0 Å². The zero-order valence-electron chi connectivity index (χ0n) is 12.1. The number of amides is 2. The number of halogens is 1. The Hall–Kier alpha value is -2.09. The number of hydrazine groups is 1. The number of nitrogens with one attached hydrogen (secondary N) is 2. The van der Waals surface area contributed by atoms with Gasteiger partial charge in [0.05, 0.1) is 10.7 Å². The van der Waals surface area contributed by atoms with Crippen LogP contribution in [0.15, 0.2) is 42.5 Å². The Labute approximate surface area is 142 Å². The van der Waals surface area contributed by atoms with Gasteiger partial charge >= 0.3 is 0 Å². The molecule has 2 amide bonds. The summed E-state index contributed by atoms with van der Waals surface area (Å²) in [7, 11) is 1.57. The molecule has 0 bridgehead atoms. The molecule has 0 unspecified atom stereocenters. The summed E-state index contributed by atoms with van der Waals surface area (Å²) in [6.45, 7) is 1.94. The van der Waals surface area contributed by atoms with Crippen molar-refractivity contribution in [3.63, 3.8) is 0 Å². The summed E-state index contributed by atoms with van der Waals surface area (Å²) < 4.78 is 5.95. The number of hydrogen-bond acceptors (Lipinski definition) is 3. The Morgan fingerprint density at radius 1 is 0.955 bits per heavy atom. The second-order valence-electron chi connectivity index (χ2n) is 4.62. The molecule has 5 nitrogen and oxygen atoms in total. The highest BCUT2D eigenvalue weighted by atomic mass is 127. The van der Waals surface area contributed by atoms with Gasteiger partial charge in [0.1, 0.15) is 5.75 Å². The average molecular weight is 410 g/mol. The lowest BCUT2D eigenvalue weighted by molar-refractivity contribution is 0.0846. The van der Waals surface area contributed by atoms with Crippen molar-refractivity contribution < 1.29 is 14.3 Å². The molecule has 0 fully saturated rings. The number of benzene rings is 2. The Balaban J connectivity index is 1.99. The molecule has 0 aliphatic heterocycles. The fourth-order valence-corrected chi connectivity index (χ4v) is 2.51. The van der Waals surface area contributed by atoms with Gasteiger partial charge < -0.3 is 4.74 Å². The summed E-state index contributed by atoms with van der Waals surface area (Å²) in [5.41, 5.74) is 6.77.